The molecule has 1 saturated heterocycles. The Morgan fingerprint density at radius 3 is 2.28 bits per heavy atom. The standard InChI is InChI=1S/C29H29FN2O4/c1-31(2)17-6-18-32-26(21-9-13-23(30)14-10-21)25(28(34)29(32)35)27(33)22-11-15-24(16-12-22)36-19-20-7-4-3-5-8-20/h3-5,7-16,26,33H,6,17-19H2,1-2H3/t26-/m1/s1. The number of aliphatic hydroxyl groups excluding tert-OH is 1. The van der Waals surface area contributed by atoms with Crippen LogP contribution in [0.5, 0.6) is 5.75 Å². The van der Waals surface area contributed by atoms with E-state index in [1.54, 1.807) is 36.4 Å². The highest BCUT2D eigenvalue weighted by Crippen LogP contribution is 2.39. The van der Waals surface area contributed by atoms with Crippen LogP contribution in [-0.4, -0.2) is 53.8 Å². The zero-order valence-corrected chi connectivity index (χ0v) is 20.4. The Bertz CT molecular complexity index is 1240. The molecule has 0 spiro atoms. The predicted molar refractivity (Wildman–Crippen MR) is 136 cm³/mol. The van der Waals surface area contributed by atoms with Crippen molar-refractivity contribution in [3.05, 3.63) is 107 Å². The lowest BCUT2D eigenvalue weighted by Crippen LogP contribution is -2.32. The molecule has 0 unspecified atom stereocenters. The van der Waals surface area contributed by atoms with E-state index in [1.807, 2.05) is 49.3 Å². The van der Waals surface area contributed by atoms with Gasteiger partial charge in [-0.3, -0.25) is 9.59 Å². The van der Waals surface area contributed by atoms with Crippen molar-refractivity contribution < 1.29 is 23.8 Å². The second-order valence-corrected chi connectivity index (χ2v) is 9.00. The molecular formula is C29H29FN2O4. The lowest BCUT2D eigenvalue weighted by Gasteiger charge is -2.26. The molecule has 1 aliphatic heterocycles. The van der Waals surface area contributed by atoms with Crippen LogP contribution < -0.4 is 4.74 Å². The smallest absolute Gasteiger partial charge is 0.295 e. The molecule has 0 aromatic heterocycles. The first-order valence-corrected chi connectivity index (χ1v) is 11.8. The van der Waals surface area contributed by atoms with Crippen LogP contribution in [0.2, 0.25) is 0 Å². The molecule has 1 amide bonds. The summed E-state index contributed by atoms with van der Waals surface area (Å²) >= 11 is 0. The maximum atomic E-state index is 13.6. The van der Waals surface area contributed by atoms with E-state index in [1.165, 1.54) is 17.0 Å². The normalized spacial score (nSPS) is 17.1. The van der Waals surface area contributed by atoms with Crippen LogP contribution in [0.25, 0.3) is 5.76 Å². The first kappa shape index (κ1) is 25.1. The molecule has 7 heteroatoms. The van der Waals surface area contributed by atoms with Gasteiger partial charge < -0.3 is 19.6 Å². The molecule has 1 heterocycles. The van der Waals surface area contributed by atoms with E-state index < -0.39 is 23.5 Å². The molecule has 4 rings (SSSR count). The van der Waals surface area contributed by atoms with E-state index in [9.17, 15) is 19.1 Å². The summed E-state index contributed by atoms with van der Waals surface area (Å²) in [5, 5.41) is 11.2. The van der Waals surface area contributed by atoms with Crippen molar-refractivity contribution in [2.45, 2.75) is 19.1 Å². The fourth-order valence-electron chi connectivity index (χ4n) is 4.26. The molecule has 0 saturated carbocycles. The van der Waals surface area contributed by atoms with Gasteiger partial charge in [0.2, 0.25) is 0 Å². The number of ether oxygens (including phenoxy) is 1. The zero-order valence-electron chi connectivity index (χ0n) is 20.4. The average Bonchev–Trinajstić information content (AvgIpc) is 3.13. The van der Waals surface area contributed by atoms with Gasteiger partial charge in [-0.05, 0) is 74.6 Å². The van der Waals surface area contributed by atoms with Crippen LogP contribution >= 0.6 is 0 Å². The summed E-state index contributed by atoms with van der Waals surface area (Å²) in [4.78, 5) is 29.5. The van der Waals surface area contributed by atoms with Gasteiger partial charge in [-0.2, -0.15) is 0 Å². The highest BCUT2D eigenvalue weighted by Gasteiger charge is 2.45. The number of hydrogen-bond acceptors (Lipinski definition) is 5. The molecule has 1 N–H and O–H groups in total. The number of rotatable bonds is 9. The first-order chi connectivity index (χ1) is 17.3. The third-order valence-electron chi connectivity index (χ3n) is 6.11. The van der Waals surface area contributed by atoms with E-state index in [0.717, 1.165) is 12.1 Å². The van der Waals surface area contributed by atoms with Crippen LogP contribution in [0.15, 0.2) is 84.4 Å². The number of likely N-dealkylation sites (tertiary alicyclic amines) is 1. The Morgan fingerprint density at radius 1 is 0.972 bits per heavy atom. The fourth-order valence-corrected chi connectivity index (χ4v) is 4.26. The van der Waals surface area contributed by atoms with Gasteiger partial charge in [0.25, 0.3) is 11.7 Å². The number of aliphatic hydroxyl groups is 1. The summed E-state index contributed by atoms with van der Waals surface area (Å²) in [7, 11) is 3.86. The molecule has 186 valence electrons. The SMILES string of the molecule is CN(C)CCCN1C(=O)C(=O)C(=C(O)c2ccc(OCc3ccccc3)cc2)[C@H]1c1ccc(F)cc1. The average molecular weight is 489 g/mol. The number of benzene rings is 3. The number of hydrogen-bond donors (Lipinski definition) is 1. The fraction of sp³-hybridized carbons (Fsp3) is 0.241. The van der Waals surface area contributed by atoms with Crippen molar-refractivity contribution in [3.8, 4) is 5.75 Å². The molecule has 1 aliphatic rings. The Kier molecular flexibility index (Phi) is 7.80. The van der Waals surface area contributed by atoms with Gasteiger partial charge in [0.05, 0.1) is 11.6 Å². The third-order valence-corrected chi connectivity index (χ3v) is 6.11. The van der Waals surface area contributed by atoms with Gasteiger partial charge in [0, 0.05) is 12.1 Å². The molecule has 0 radical (unpaired) electrons. The number of carbonyl (C=O) groups is 2. The van der Waals surface area contributed by atoms with Crippen molar-refractivity contribution in [2.24, 2.45) is 0 Å². The molecule has 0 aliphatic carbocycles. The quantitative estimate of drug-likeness (QED) is 0.267. The largest absolute Gasteiger partial charge is 0.507 e. The summed E-state index contributed by atoms with van der Waals surface area (Å²) < 4.78 is 19.4. The van der Waals surface area contributed by atoms with Crippen molar-refractivity contribution in [2.75, 3.05) is 27.2 Å². The number of amides is 1. The monoisotopic (exact) mass is 488 g/mol. The maximum Gasteiger partial charge on any atom is 0.295 e. The maximum absolute atomic E-state index is 13.6. The van der Waals surface area contributed by atoms with E-state index in [2.05, 4.69) is 0 Å². The number of Topliss-reactive ketones (excluding diaryl/α,β-unsaturated/α-hetero) is 1. The molecule has 6 nitrogen and oxygen atoms in total. The van der Waals surface area contributed by atoms with E-state index in [4.69, 9.17) is 4.74 Å². The Hall–Kier alpha value is -3.97. The van der Waals surface area contributed by atoms with Gasteiger partial charge in [0.1, 0.15) is 23.9 Å². The van der Waals surface area contributed by atoms with E-state index >= 15 is 0 Å². The number of carbonyl (C=O) groups excluding carboxylic acids is 2. The zero-order chi connectivity index (χ0) is 25.7. The van der Waals surface area contributed by atoms with Crippen LogP contribution in [0.4, 0.5) is 4.39 Å². The highest BCUT2D eigenvalue weighted by molar-refractivity contribution is 6.46. The molecule has 3 aromatic carbocycles. The first-order valence-electron chi connectivity index (χ1n) is 11.8. The lowest BCUT2D eigenvalue weighted by atomic mass is 9.95. The Morgan fingerprint density at radius 2 is 1.64 bits per heavy atom. The Labute approximate surface area is 210 Å². The number of nitrogens with zero attached hydrogens (tertiary/aromatic N) is 2. The number of ketones is 1. The summed E-state index contributed by atoms with van der Waals surface area (Å²) in [5.41, 5.74) is 1.97. The summed E-state index contributed by atoms with van der Waals surface area (Å²) in [5.74, 6) is -1.51. The van der Waals surface area contributed by atoms with Crippen LogP contribution in [0.1, 0.15) is 29.2 Å². The van der Waals surface area contributed by atoms with Crippen molar-refractivity contribution in [1.29, 1.82) is 0 Å². The van der Waals surface area contributed by atoms with Gasteiger partial charge >= 0.3 is 0 Å². The van der Waals surface area contributed by atoms with Gasteiger partial charge in [0.15, 0.2) is 0 Å². The lowest BCUT2D eigenvalue weighted by molar-refractivity contribution is -0.139. The minimum absolute atomic E-state index is 0.00517. The Balaban J connectivity index is 1.63. The van der Waals surface area contributed by atoms with Gasteiger partial charge in [-0.15, -0.1) is 0 Å². The minimum atomic E-state index is -0.804. The summed E-state index contributed by atoms with van der Waals surface area (Å²) in [6.45, 7) is 1.45. The van der Waals surface area contributed by atoms with Crippen LogP contribution in [0.3, 0.4) is 0 Å². The van der Waals surface area contributed by atoms with E-state index in [-0.39, 0.29) is 11.3 Å². The van der Waals surface area contributed by atoms with Gasteiger partial charge in [-0.1, -0.05) is 42.5 Å². The molecule has 1 fully saturated rings. The van der Waals surface area contributed by atoms with Crippen molar-refractivity contribution in [1.82, 2.24) is 9.80 Å². The molecule has 36 heavy (non-hydrogen) atoms. The van der Waals surface area contributed by atoms with E-state index in [0.29, 0.717) is 36.4 Å². The van der Waals surface area contributed by atoms with Crippen LogP contribution in [0, 0.1) is 5.82 Å². The molecule has 3 aromatic rings. The second-order valence-electron chi connectivity index (χ2n) is 9.00. The molecular weight excluding hydrogens is 459 g/mol. The van der Waals surface area contributed by atoms with Crippen molar-refractivity contribution in [3.63, 3.8) is 0 Å². The molecule has 0 bridgehead atoms. The summed E-state index contributed by atoms with van der Waals surface area (Å²) in [6.07, 6.45) is 0.644. The molecule has 1 atom stereocenters. The van der Waals surface area contributed by atoms with Crippen LogP contribution in [-0.2, 0) is 16.2 Å². The van der Waals surface area contributed by atoms with Gasteiger partial charge in [-0.25, -0.2) is 4.39 Å². The topological polar surface area (TPSA) is 70.1 Å². The number of halogens is 1. The second kappa shape index (κ2) is 11.2. The summed E-state index contributed by atoms with van der Waals surface area (Å²) in [6, 6.07) is 21.3. The predicted octanol–water partition coefficient (Wildman–Crippen LogP) is 4.78. The van der Waals surface area contributed by atoms with Crippen molar-refractivity contribution >= 4 is 17.4 Å². The minimum Gasteiger partial charge on any atom is -0.507 e. The highest BCUT2D eigenvalue weighted by atomic mass is 19.1. The third kappa shape index (κ3) is 5.63.